The van der Waals surface area contributed by atoms with Crippen LogP contribution >= 0.6 is 0 Å². The maximum absolute atomic E-state index is 13.4. The minimum Gasteiger partial charge on any atom is -0.497 e. The smallest absolute Gasteiger partial charge is 0.251 e. The molecule has 0 spiro atoms. The predicted molar refractivity (Wildman–Crippen MR) is 141 cm³/mol. The molecule has 6 nitrogen and oxygen atoms in total. The molecule has 0 unspecified atom stereocenters. The zero-order chi connectivity index (χ0) is 24.8. The van der Waals surface area contributed by atoms with Crippen molar-refractivity contribution >= 4 is 27.5 Å². The summed E-state index contributed by atoms with van der Waals surface area (Å²) in [7, 11) is 5.01. The first-order chi connectivity index (χ1) is 17.6. The minimum atomic E-state index is -0.143. The van der Waals surface area contributed by atoms with Gasteiger partial charge in [-0.1, -0.05) is 24.3 Å². The molecule has 4 aromatic carbocycles. The topological polar surface area (TPSA) is 60.0 Å². The second-order valence-corrected chi connectivity index (χ2v) is 9.55. The Morgan fingerprint density at radius 3 is 2.31 bits per heavy atom. The number of benzene rings is 4. The van der Waals surface area contributed by atoms with Crippen LogP contribution in [0.4, 0.5) is 0 Å². The van der Waals surface area contributed by atoms with Gasteiger partial charge in [0.2, 0.25) is 0 Å². The molecule has 6 rings (SSSR count). The van der Waals surface area contributed by atoms with E-state index in [-0.39, 0.29) is 18.0 Å². The molecule has 6 heteroatoms. The highest BCUT2D eigenvalue weighted by atomic mass is 16.5. The Morgan fingerprint density at radius 1 is 0.861 bits per heavy atom. The van der Waals surface area contributed by atoms with Gasteiger partial charge in [0.05, 0.1) is 27.4 Å². The summed E-state index contributed by atoms with van der Waals surface area (Å²) in [6.45, 7) is 1.88. The lowest BCUT2D eigenvalue weighted by molar-refractivity contribution is 0.0892. The summed E-state index contributed by atoms with van der Waals surface area (Å²) >= 11 is 0. The maximum atomic E-state index is 13.4. The molecule has 2 aliphatic heterocycles. The zero-order valence-corrected chi connectivity index (χ0v) is 20.8. The van der Waals surface area contributed by atoms with Crippen LogP contribution in [0.15, 0.2) is 60.7 Å². The molecule has 2 atom stereocenters. The predicted octanol–water partition coefficient (Wildman–Crippen LogP) is 5.47. The van der Waals surface area contributed by atoms with Crippen LogP contribution in [0, 0.1) is 0 Å². The lowest BCUT2D eigenvalue weighted by Crippen LogP contribution is -2.46. The van der Waals surface area contributed by atoms with Crippen LogP contribution in [0.25, 0.3) is 21.5 Å². The number of fused-ring (bicyclic) bond motifs is 7. The van der Waals surface area contributed by atoms with E-state index in [1.807, 2.05) is 42.5 Å². The molecule has 1 N–H and O–H groups in total. The molecule has 2 heterocycles. The molecule has 4 aromatic rings. The Morgan fingerprint density at radius 2 is 1.58 bits per heavy atom. The number of hydrogen-bond acceptors (Lipinski definition) is 5. The molecule has 0 radical (unpaired) electrons. The number of carbonyl (C=O) groups excluding carboxylic acids is 1. The largest absolute Gasteiger partial charge is 0.497 e. The van der Waals surface area contributed by atoms with Crippen LogP contribution in [0.2, 0.25) is 0 Å². The molecule has 2 aliphatic rings. The fourth-order valence-electron chi connectivity index (χ4n) is 6.10. The highest BCUT2D eigenvalue weighted by Gasteiger charge is 2.40. The highest BCUT2D eigenvalue weighted by molar-refractivity contribution is 6.12. The Balaban J connectivity index is 1.64. The lowest BCUT2D eigenvalue weighted by Gasteiger charge is -2.40. The van der Waals surface area contributed by atoms with Crippen LogP contribution in [0.5, 0.6) is 17.2 Å². The molecule has 0 bridgehead atoms. The van der Waals surface area contributed by atoms with E-state index in [1.165, 1.54) is 16.5 Å². The summed E-state index contributed by atoms with van der Waals surface area (Å²) in [6.07, 6.45) is 2.17. The molecule has 0 saturated carbocycles. The third kappa shape index (κ3) is 3.56. The van der Waals surface area contributed by atoms with Gasteiger partial charge in [-0.25, -0.2) is 0 Å². The first kappa shape index (κ1) is 22.7. The number of ether oxygens (including phenoxy) is 3. The van der Waals surface area contributed by atoms with E-state index in [2.05, 4.69) is 28.4 Å². The van der Waals surface area contributed by atoms with Crippen molar-refractivity contribution in [3.63, 3.8) is 0 Å². The molecule has 1 saturated heterocycles. The van der Waals surface area contributed by atoms with Gasteiger partial charge in [-0.15, -0.1) is 0 Å². The molecule has 36 heavy (non-hydrogen) atoms. The van der Waals surface area contributed by atoms with E-state index in [4.69, 9.17) is 14.2 Å². The SMILES string of the molecule is COc1ccc2c3c(c4cc(OC)c(OC)cc4c2c1)[C@H](NC(=O)c1ccccc1)[C@@H]1CCCN1C3. The summed E-state index contributed by atoms with van der Waals surface area (Å²) < 4.78 is 17.0. The second kappa shape index (κ2) is 9.03. The molecule has 1 amide bonds. The average molecular weight is 483 g/mol. The number of amides is 1. The van der Waals surface area contributed by atoms with Crippen LogP contribution in [0.3, 0.4) is 0 Å². The van der Waals surface area contributed by atoms with Gasteiger partial charge in [0.25, 0.3) is 5.91 Å². The zero-order valence-electron chi connectivity index (χ0n) is 20.8. The van der Waals surface area contributed by atoms with Crippen molar-refractivity contribution in [2.75, 3.05) is 27.9 Å². The normalized spacial score (nSPS) is 19.1. The fourth-order valence-corrected chi connectivity index (χ4v) is 6.10. The van der Waals surface area contributed by atoms with Crippen molar-refractivity contribution < 1.29 is 19.0 Å². The Kier molecular flexibility index (Phi) is 5.69. The number of nitrogens with zero attached hydrogens (tertiary/aromatic N) is 1. The third-order valence-electron chi connectivity index (χ3n) is 7.77. The van der Waals surface area contributed by atoms with Gasteiger partial charge in [0, 0.05) is 18.2 Å². The molecule has 0 aromatic heterocycles. The first-order valence-electron chi connectivity index (χ1n) is 12.4. The van der Waals surface area contributed by atoms with Crippen molar-refractivity contribution in [1.29, 1.82) is 0 Å². The number of methoxy groups -OCH3 is 3. The van der Waals surface area contributed by atoms with E-state index in [1.54, 1.807) is 21.3 Å². The number of rotatable bonds is 5. The second-order valence-electron chi connectivity index (χ2n) is 9.55. The summed E-state index contributed by atoms with van der Waals surface area (Å²) in [5.41, 5.74) is 3.10. The van der Waals surface area contributed by atoms with E-state index in [0.717, 1.165) is 47.8 Å². The monoisotopic (exact) mass is 482 g/mol. The first-order valence-corrected chi connectivity index (χ1v) is 12.4. The fraction of sp³-hybridized carbons (Fsp3) is 0.300. The van der Waals surface area contributed by atoms with Crippen LogP contribution < -0.4 is 19.5 Å². The molecule has 184 valence electrons. The van der Waals surface area contributed by atoms with Crippen molar-refractivity contribution in [3.8, 4) is 17.2 Å². The lowest BCUT2D eigenvalue weighted by atomic mass is 9.81. The van der Waals surface area contributed by atoms with Gasteiger partial charge in [-0.3, -0.25) is 9.69 Å². The van der Waals surface area contributed by atoms with Crippen molar-refractivity contribution in [3.05, 3.63) is 77.4 Å². The van der Waals surface area contributed by atoms with Crippen LogP contribution in [0.1, 0.15) is 40.4 Å². The number of hydrogen-bond donors (Lipinski definition) is 1. The molecular formula is C30H30N2O4. The summed E-state index contributed by atoms with van der Waals surface area (Å²) in [5.74, 6) is 2.11. The third-order valence-corrected chi connectivity index (χ3v) is 7.77. The van der Waals surface area contributed by atoms with Crippen LogP contribution in [-0.4, -0.2) is 44.7 Å². The van der Waals surface area contributed by atoms with Crippen molar-refractivity contribution in [2.24, 2.45) is 0 Å². The van der Waals surface area contributed by atoms with Gasteiger partial charge in [-0.2, -0.15) is 0 Å². The standard InChI is InChI=1S/C30H30N2O4/c1-34-19-11-12-20-21(14-19)22-15-26(35-2)27(36-3)16-23(22)28-24(20)17-32-13-7-10-25(32)29(28)31-30(33)18-8-5-4-6-9-18/h4-6,8-9,11-12,14-16,25,29H,7,10,13,17H2,1-3H3,(H,31,33)/t25-,29+/m0/s1. The number of carbonyl (C=O) groups is 1. The average Bonchev–Trinajstić information content (AvgIpc) is 3.41. The summed E-state index contributed by atoms with van der Waals surface area (Å²) in [6, 6.07) is 19.9. The van der Waals surface area contributed by atoms with E-state index in [9.17, 15) is 4.79 Å². The maximum Gasteiger partial charge on any atom is 0.251 e. The minimum absolute atomic E-state index is 0.0521. The molecular weight excluding hydrogens is 452 g/mol. The van der Waals surface area contributed by atoms with Crippen LogP contribution in [-0.2, 0) is 6.54 Å². The highest BCUT2D eigenvalue weighted by Crippen LogP contribution is 2.47. The van der Waals surface area contributed by atoms with E-state index in [0.29, 0.717) is 17.1 Å². The molecule has 0 aliphatic carbocycles. The van der Waals surface area contributed by atoms with Crippen molar-refractivity contribution in [1.82, 2.24) is 10.2 Å². The van der Waals surface area contributed by atoms with E-state index >= 15 is 0 Å². The summed E-state index contributed by atoms with van der Waals surface area (Å²) in [4.78, 5) is 15.9. The van der Waals surface area contributed by atoms with Gasteiger partial charge in [-0.05, 0) is 88.5 Å². The van der Waals surface area contributed by atoms with E-state index < -0.39 is 0 Å². The molecule has 1 fully saturated rings. The van der Waals surface area contributed by atoms with Gasteiger partial charge < -0.3 is 19.5 Å². The Hall–Kier alpha value is -3.77. The van der Waals surface area contributed by atoms with Crippen molar-refractivity contribution in [2.45, 2.75) is 31.5 Å². The summed E-state index contributed by atoms with van der Waals surface area (Å²) in [5, 5.41) is 7.85. The Bertz CT molecular complexity index is 1470. The number of nitrogens with one attached hydrogen (secondary N) is 1. The van der Waals surface area contributed by atoms with Gasteiger partial charge >= 0.3 is 0 Å². The Labute approximate surface area is 210 Å². The van der Waals surface area contributed by atoms with Gasteiger partial charge in [0.1, 0.15) is 5.75 Å². The quantitative estimate of drug-likeness (QED) is 0.383. The van der Waals surface area contributed by atoms with Gasteiger partial charge in [0.15, 0.2) is 11.5 Å².